The van der Waals surface area contributed by atoms with Gasteiger partial charge in [0.15, 0.2) is 5.76 Å². The van der Waals surface area contributed by atoms with Gasteiger partial charge in [-0.3, -0.25) is 4.79 Å². The van der Waals surface area contributed by atoms with E-state index in [1.807, 2.05) is 0 Å². The molecule has 0 unspecified atom stereocenters. The van der Waals surface area contributed by atoms with Crippen molar-refractivity contribution in [2.45, 2.75) is 46.7 Å². The molecule has 0 spiro atoms. The Labute approximate surface area is 184 Å². The Hall–Kier alpha value is -3.42. The average molecular weight is 445 g/mol. The predicted octanol–water partition coefficient (Wildman–Crippen LogP) is 6.61. The fraction of sp³-hybridized carbons (Fsp3) is 0.292. The number of nitrogens with zero attached hydrogens (tertiary/aromatic N) is 3. The second kappa shape index (κ2) is 10.7. The SMILES string of the molecule is C=C/C(=C\C)c1cc(C)c(=O)n(-c2cc(-c3ccno3)ccc2C(F)(F)F)n1.CCCC. The molecule has 0 aliphatic heterocycles. The minimum Gasteiger partial charge on any atom is -0.356 e. The van der Waals surface area contributed by atoms with Gasteiger partial charge in [-0.25, -0.2) is 0 Å². The lowest BCUT2D eigenvalue weighted by atomic mass is 10.1. The summed E-state index contributed by atoms with van der Waals surface area (Å²) in [5.74, 6) is 0.274. The molecule has 0 aliphatic rings. The number of halogens is 3. The summed E-state index contributed by atoms with van der Waals surface area (Å²) in [6.07, 6.45) is 2.57. The molecule has 0 saturated heterocycles. The molecule has 2 aromatic heterocycles. The minimum atomic E-state index is -4.68. The second-order valence-electron chi connectivity index (χ2n) is 6.98. The third-order valence-electron chi connectivity index (χ3n) is 4.67. The Bertz CT molecular complexity index is 1140. The molecular formula is C24H26F3N3O2. The van der Waals surface area contributed by atoms with Crippen molar-refractivity contribution in [1.29, 1.82) is 0 Å². The highest BCUT2D eigenvalue weighted by atomic mass is 19.4. The molecule has 3 rings (SSSR count). The monoisotopic (exact) mass is 445 g/mol. The van der Waals surface area contributed by atoms with Crippen LogP contribution < -0.4 is 5.56 Å². The van der Waals surface area contributed by atoms with Gasteiger partial charge in [0, 0.05) is 17.2 Å². The Morgan fingerprint density at radius 2 is 1.88 bits per heavy atom. The van der Waals surface area contributed by atoms with Crippen LogP contribution in [0.25, 0.3) is 22.6 Å². The van der Waals surface area contributed by atoms with Crippen LogP contribution in [-0.4, -0.2) is 14.9 Å². The number of aryl methyl sites for hydroxylation is 1. The van der Waals surface area contributed by atoms with Crippen molar-refractivity contribution in [2.24, 2.45) is 0 Å². The first-order chi connectivity index (χ1) is 15.2. The molecule has 8 heteroatoms. The highest BCUT2D eigenvalue weighted by Crippen LogP contribution is 2.35. The largest absolute Gasteiger partial charge is 0.418 e. The number of hydrogen-bond acceptors (Lipinski definition) is 4. The van der Waals surface area contributed by atoms with E-state index in [9.17, 15) is 18.0 Å². The fourth-order valence-corrected chi connectivity index (χ4v) is 2.76. The molecule has 2 heterocycles. The lowest BCUT2D eigenvalue weighted by molar-refractivity contribution is -0.137. The Kier molecular flexibility index (Phi) is 8.34. The third kappa shape index (κ3) is 5.63. The van der Waals surface area contributed by atoms with Gasteiger partial charge < -0.3 is 4.52 Å². The molecule has 3 aromatic rings. The van der Waals surface area contributed by atoms with Crippen molar-refractivity contribution >= 4 is 5.57 Å². The van der Waals surface area contributed by atoms with Gasteiger partial charge in [0.2, 0.25) is 0 Å². The van der Waals surface area contributed by atoms with E-state index in [1.165, 1.54) is 56.3 Å². The number of allylic oxidation sites excluding steroid dienone is 3. The molecule has 0 aliphatic carbocycles. The topological polar surface area (TPSA) is 60.9 Å². The van der Waals surface area contributed by atoms with Crippen molar-refractivity contribution in [1.82, 2.24) is 14.9 Å². The van der Waals surface area contributed by atoms with Gasteiger partial charge in [-0.05, 0) is 37.6 Å². The van der Waals surface area contributed by atoms with Crippen molar-refractivity contribution in [3.05, 3.63) is 82.4 Å². The quantitative estimate of drug-likeness (QED) is 0.415. The molecule has 0 bridgehead atoms. The van der Waals surface area contributed by atoms with Gasteiger partial charge in [-0.2, -0.15) is 23.0 Å². The predicted molar refractivity (Wildman–Crippen MR) is 120 cm³/mol. The van der Waals surface area contributed by atoms with Gasteiger partial charge in [0.05, 0.1) is 23.1 Å². The number of hydrogen-bond donors (Lipinski definition) is 0. The van der Waals surface area contributed by atoms with E-state index in [2.05, 4.69) is 30.7 Å². The first-order valence-corrected chi connectivity index (χ1v) is 10.2. The molecule has 32 heavy (non-hydrogen) atoms. The molecule has 0 fully saturated rings. The van der Waals surface area contributed by atoms with Crippen LogP contribution in [-0.2, 0) is 6.18 Å². The number of alkyl halides is 3. The van der Waals surface area contributed by atoms with Crippen LogP contribution in [0.3, 0.4) is 0 Å². The van der Waals surface area contributed by atoms with Crippen molar-refractivity contribution in [3.8, 4) is 17.0 Å². The normalized spacial score (nSPS) is 11.7. The summed E-state index contributed by atoms with van der Waals surface area (Å²) in [7, 11) is 0. The first kappa shape index (κ1) is 24.8. The number of unbranched alkanes of at least 4 members (excludes halogenated alkanes) is 1. The van der Waals surface area contributed by atoms with Gasteiger partial charge in [0.1, 0.15) is 0 Å². The number of benzene rings is 1. The summed E-state index contributed by atoms with van der Waals surface area (Å²) in [5.41, 5.74) is -0.497. The molecule has 1 aromatic carbocycles. The molecule has 0 atom stereocenters. The van der Waals surface area contributed by atoms with Crippen molar-refractivity contribution in [2.75, 3.05) is 0 Å². The van der Waals surface area contributed by atoms with Crippen molar-refractivity contribution < 1.29 is 17.7 Å². The lowest BCUT2D eigenvalue weighted by Gasteiger charge is -2.16. The Morgan fingerprint density at radius 1 is 1.19 bits per heavy atom. The van der Waals surface area contributed by atoms with E-state index < -0.39 is 23.0 Å². The van der Waals surface area contributed by atoms with Crippen LogP contribution in [0.2, 0.25) is 0 Å². The molecule has 0 saturated carbocycles. The van der Waals surface area contributed by atoms with Gasteiger partial charge in [-0.1, -0.05) is 56.6 Å². The maximum absolute atomic E-state index is 13.6. The van der Waals surface area contributed by atoms with Crippen LogP contribution in [0.1, 0.15) is 50.4 Å². The standard InChI is InChI=1S/C20H16F3N3O2.C4H10/c1-4-13(5-2)16-10-12(3)19(27)26(25-16)17-11-14(18-8-9-24-28-18)6-7-15(17)20(21,22)23;1-3-4-2/h4-11H,1H2,2-3H3;3-4H2,1-2H3/b13-5+;. The zero-order valence-electron chi connectivity index (χ0n) is 18.5. The van der Waals surface area contributed by atoms with Crippen LogP contribution in [0.15, 0.2) is 64.6 Å². The van der Waals surface area contributed by atoms with Gasteiger partial charge >= 0.3 is 6.18 Å². The summed E-state index contributed by atoms with van der Waals surface area (Å²) >= 11 is 0. The van der Waals surface area contributed by atoms with E-state index in [1.54, 1.807) is 13.0 Å². The third-order valence-corrected chi connectivity index (χ3v) is 4.67. The Balaban J connectivity index is 0.000000837. The lowest BCUT2D eigenvalue weighted by Crippen LogP contribution is -2.26. The summed E-state index contributed by atoms with van der Waals surface area (Å²) in [5, 5.41) is 7.72. The zero-order valence-corrected chi connectivity index (χ0v) is 18.5. The van der Waals surface area contributed by atoms with Crippen LogP contribution in [0.5, 0.6) is 0 Å². The number of aromatic nitrogens is 3. The smallest absolute Gasteiger partial charge is 0.356 e. The maximum atomic E-state index is 13.6. The molecule has 0 radical (unpaired) electrons. The van der Waals surface area contributed by atoms with E-state index in [0.717, 1.165) is 10.7 Å². The van der Waals surface area contributed by atoms with Crippen molar-refractivity contribution in [3.63, 3.8) is 0 Å². The highest BCUT2D eigenvalue weighted by Gasteiger charge is 2.35. The molecule has 170 valence electrons. The molecule has 0 amide bonds. The average Bonchev–Trinajstić information content (AvgIpc) is 3.31. The zero-order chi connectivity index (χ0) is 23.9. The molecule has 5 nitrogen and oxygen atoms in total. The Morgan fingerprint density at radius 3 is 2.38 bits per heavy atom. The van der Waals surface area contributed by atoms with Crippen LogP contribution in [0.4, 0.5) is 13.2 Å². The van der Waals surface area contributed by atoms with Crippen LogP contribution in [0, 0.1) is 6.92 Å². The summed E-state index contributed by atoms with van der Waals surface area (Å²) in [6.45, 7) is 11.3. The fourth-order valence-electron chi connectivity index (χ4n) is 2.76. The molecular weight excluding hydrogens is 419 g/mol. The maximum Gasteiger partial charge on any atom is 0.418 e. The van der Waals surface area contributed by atoms with E-state index in [-0.39, 0.29) is 11.3 Å². The minimum absolute atomic E-state index is 0.254. The summed E-state index contributed by atoms with van der Waals surface area (Å²) < 4.78 is 46.7. The second-order valence-corrected chi connectivity index (χ2v) is 6.98. The highest BCUT2D eigenvalue weighted by molar-refractivity contribution is 5.71. The van der Waals surface area contributed by atoms with Gasteiger partial charge in [0.25, 0.3) is 5.56 Å². The number of rotatable bonds is 5. The first-order valence-electron chi connectivity index (χ1n) is 10.2. The van der Waals surface area contributed by atoms with Gasteiger partial charge in [-0.15, -0.1) is 0 Å². The summed E-state index contributed by atoms with van der Waals surface area (Å²) in [4.78, 5) is 12.6. The molecule has 0 N–H and O–H groups in total. The summed E-state index contributed by atoms with van der Waals surface area (Å²) in [6, 6.07) is 6.40. The van der Waals surface area contributed by atoms with Crippen LogP contribution >= 0.6 is 0 Å². The van der Waals surface area contributed by atoms with E-state index >= 15 is 0 Å². The van der Waals surface area contributed by atoms with E-state index in [0.29, 0.717) is 16.8 Å². The van der Waals surface area contributed by atoms with E-state index in [4.69, 9.17) is 4.52 Å².